The Morgan fingerprint density at radius 2 is 1.90 bits per heavy atom. The molecule has 1 atom stereocenters. The number of rotatable bonds is 5. The Morgan fingerprint density at radius 3 is 2.67 bits per heavy atom. The van der Waals surface area contributed by atoms with Crippen molar-refractivity contribution in [3.05, 3.63) is 129 Å². The van der Waals surface area contributed by atoms with Gasteiger partial charge in [-0.2, -0.15) is 0 Å². The molecule has 5 aromatic rings. The van der Waals surface area contributed by atoms with Crippen LogP contribution in [0.3, 0.4) is 0 Å². The number of thiazole rings is 1. The monoisotopic (exact) mass is 679 g/mol. The lowest BCUT2D eigenvalue weighted by molar-refractivity contribution is -0.113. The predicted molar refractivity (Wildman–Crippen MR) is 163 cm³/mol. The third-order valence-corrected chi connectivity index (χ3v) is 9.30. The number of hydrogen-bond acceptors (Lipinski definition) is 6. The van der Waals surface area contributed by atoms with Crippen molar-refractivity contribution in [1.82, 2.24) is 4.57 Å². The molecular weight excluding hydrogens is 662 g/mol. The van der Waals surface area contributed by atoms with Crippen molar-refractivity contribution >= 4 is 72.2 Å². The molecule has 0 bridgehead atoms. The van der Waals surface area contributed by atoms with Crippen LogP contribution in [-0.2, 0) is 4.79 Å². The van der Waals surface area contributed by atoms with E-state index in [0.717, 1.165) is 19.4 Å². The topological polar surface area (TPSA) is 76.6 Å². The number of nitrogens with one attached hydrogen (secondary N) is 1. The zero-order valence-electron chi connectivity index (χ0n) is 20.4. The van der Waals surface area contributed by atoms with Crippen LogP contribution in [-0.4, -0.2) is 10.5 Å². The normalized spacial score (nSPS) is 15.3. The highest BCUT2D eigenvalue weighted by Crippen LogP contribution is 2.34. The molecule has 0 saturated heterocycles. The molecule has 194 valence electrons. The number of anilines is 1. The van der Waals surface area contributed by atoms with Crippen LogP contribution in [0.4, 0.5) is 5.69 Å². The largest absolute Gasteiger partial charge is 0.457 e. The fourth-order valence-corrected chi connectivity index (χ4v) is 7.09. The van der Waals surface area contributed by atoms with Crippen LogP contribution < -0.4 is 20.2 Å². The van der Waals surface area contributed by atoms with Gasteiger partial charge in [-0.15, -0.1) is 11.3 Å². The Balaban J connectivity index is 1.43. The van der Waals surface area contributed by atoms with Crippen LogP contribution in [0.5, 0.6) is 0 Å². The van der Waals surface area contributed by atoms with E-state index in [1.54, 1.807) is 10.6 Å². The Labute approximate surface area is 247 Å². The molecule has 2 aromatic carbocycles. The van der Waals surface area contributed by atoms with Crippen molar-refractivity contribution in [2.75, 3.05) is 5.32 Å². The molecule has 6 rings (SSSR count). The van der Waals surface area contributed by atoms with E-state index in [2.05, 4.69) is 37.2 Å². The zero-order chi connectivity index (χ0) is 27.1. The van der Waals surface area contributed by atoms with Gasteiger partial charge in [-0.05, 0) is 60.8 Å². The SMILES string of the molecule is CC1=C(C(=O)Nc2ccccc2)[C@H](c2cccs2)n2c(s/c(=C/c3ccc(-c4cc(Br)ccc4Br)o3)c2=O)=N1. The lowest BCUT2D eigenvalue weighted by Gasteiger charge is -2.24. The summed E-state index contributed by atoms with van der Waals surface area (Å²) in [6, 6.07) is 22.1. The first-order chi connectivity index (χ1) is 18.9. The summed E-state index contributed by atoms with van der Waals surface area (Å²) in [5, 5.41) is 4.91. The van der Waals surface area contributed by atoms with E-state index in [-0.39, 0.29) is 11.5 Å². The van der Waals surface area contributed by atoms with E-state index in [1.165, 1.54) is 22.7 Å². The highest BCUT2D eigenvalue weighted by atomic mass is 79.9. The lowest BCUT2D eigenvalue weighted by atomic mass is 10.0. The van der Waals surface area contributed by atoms with E-state index >= 15 is 0 Å². The molecule has 39 heavy (non-hydrogen) atoms. The highest BCUT2D eigenvalue weighted by Gasteiger charge is 2.33. The number of halogens is 2. The zero-order valence-corrected chi connectivity index (χ0v) is 25.2. The summed E-state index contributed by atoms with van der Waals surface area (Å²) in [5.74, 6) is 0.937. The van der Waals surface area contributed by atoms with Gasteiger partial charge in [0, 0.05) is 31.1 Å². The van der Waals surface area contributed by atoms with Crippen LogP contribution >= 0.6 is 54.5 Å². The first kappa shape index (κ1) is 25.9. The molecule has 10 heteroatoms. The maximum atomic E-state index is 13.8. The van der Waals surface area contributed by atoms with Crippen molar-refractivity contribution in [2.24, 2.45) is 4.99 Å². The number of fused-ring (bicyclic) bond motifs is 1. The predicted octanol–water partition coefficient (Wildman–Crippen LogP) is 6.72. The van der Waals surface area contributed by atoms with Gasteiger partial charge in [0.2, 0.25) is 0 Å². The maximum absolute atomic E-state index is 13.8. The molecule has 4 heterocycles. The second-order valence-electron chi connectivity index (χ2n) is 8.74. The maximum Gasteiger partial charge on any atom is 0.271 e. The third kappa shape index (κ3) is 5.05. The number of furan rings is 1. The Morgan fingerprint density at radius 1 is 1.08 bits per heavy atom. The lowest BCUT2D eigenvalue weighted by Crippen LogP contribution is -2.40. The minimum Gasteiger partial charge on any atom is -0.457 e. The molecule has 0 fully saturated rings. The van der Waals surface area contributed by atoms with Gasteiger partial charge in [0.25, 0.3) is 11.5 Å². The van der Waals surface area contributed by atoms with Crippen molar-refractivity contribution in [3.8, 4) is 11.3 Å². The van der Waals surface area contributed by atoms with E-state index < -0.39 is 6.04 Å². The molecule has 1 N–H and O–H groups in total. The average molecular weight is 681 g/mol. The quantitative estimate of drug-likeness (QED) is 0.224. The molecule has 3 aromatic heterocycles. The first-order valence-electron chi connectivity index (χ1n) is 11.9. The Kier molecular flexibility index (Phi) is 7.11. The van der Waals surface area contributed by atoms with Crippen molar-refractivity contribution in [2.45, 2.75) is 13.0 Å². The van der Waals surface area contributed by atoms with Gasteiger partial charge in [-0.3, -0.25) is 14.2 Å². The average Bonchev–Trinajstić information content (AvgIpc) is 3.67. The number of amides is 1. The molecule has 0 aliphatic carbocycles. The summed E-state index contributed by atoms with van der Waals surface area (Å²) >= 11 is 9.85. The van der Waals surface area contributed by atoms with Gasteiger partial charge >= 0.3 is 0 Å². The summed E-state index contributed by atoms with van der Waals surface area (Å²) in [6.45, 7) is 1.81. The number of para-hydroxylation sites is 1. The number of thiophene rings is 1. The molecule has 0 radical (unpaired) electrons. The van der Waals surface area contributed by atoms with Crippen LogP contribution in [0.15, 0.2) is 113 Å². The second-order valence-corrected chi connectivity index (χ2v) is 12.5. The smallest absolute Gasteiger partial charge is 0.271 e. The van der Waals surface area contributed by atoms with Crippen LogP contribution in [0.25, 0.3) is 17.4 Å². The molecule has 1 amide bonds. The van der Waals surface area contributed by atoms with E-state index in [4.69, 9.17) is 9.41 Å². The Hall–Kier alpha value is -3.31. The standard InChI is InChI=1S/C29H19Br2N3O3S2/c1-16-25(27(35)33-18-6-3-2-4-7-18)26(23-8-5-13-38-23)34-28(36)24(39-29(34)32-16)15-19-10-12-22(37-19)20-14-17(30)9-11-21(20)31/h2-15,26H,1H3,(H,33,35)/b24-15+/t26-/m0/s1. The molecular formula is C29H19Br2N3O3S2. The molecule has 0 unspecified atom stereocenters. The molecule has 1 aliphatic heterocycles. The van der Waals surface area contributed by atoms with Gasteiger partial charge in [0.05, 0.1) is 15.8 Å². The Bertz CT molecular complexity index is 1920. The van der Waals surface area contributed by atoms with Crippen molar-refractivity contribution < 1.29 is 9.21 Å². The van der Waals surface area contributed by atoms with Gasteiger partial charge < -0.3 is 9.73 Å². The van der Waals surface area contributed by atoms with Gasteiger partial charge in [-0.25, -0.2) is 4.99 Å². The van der Waals surface area contributed by atoms with Crippen LogP contribution in [0.1, 0.15) is 23.6 Å². The number of aromatic nitrogens is 1. The number of allylic oxidation sites excluding steroid dienone is 1. The van der Waals surface area contributed by atoms with Crippen LogP contribution in [0, 0.1) is 0 Å². The number of benzene rings is 2. The third-order valence-electron chi connectivity index (χ3n) is 6.20. The molecule has 0 spiro atoms. The van der Waals surface area contributed by atoms with Gasteiger partial charge in [0.1, 0.15) is 17.6 Å². The van der Waals surface area contributed by atoms with Gasteiger partial charge in [0.15, 0.2) is 4.80 Å². The van der Waals surface area contributed by atoms with E-state index in [1.807, 2.05) is 85.1 Å². The minimum absolute atomic E-state index is 0.226. The fraction of sp³-hybridized carbons (Fsp3) is 0.0690. The van der Waals surface area contributed by atoms with E-state index in [9.17, 15) is 9.59 Å². The summed E-state index contributed by atoms with van der Waals surface area (Å²) in [4.78, 5) is 33.5. The number of carbonyl (C=O) groups is 1. The molecule has 0 saturated carbocycles. The van der Waals surface area contributed by atoms with Crippen LogP contribution in [0.2, 0.25) is 0 Å². The van der Waals surface area contributed by atoms with Crippen molar-refractivity contribution in [3.63, 3.8) is 0 Å². The number of hydrogen-bond donors (Lipinski definition) is 1. The second kappa shape index (κ2) is 10.7. The summed E-state index contributed by atoms with van der Waals surface area (Å²) in [6.07, 6.45) is 1.73. The summed E-state index contributed by atoms with van der Waals surface area (Å²) < 4.78 is 10.0. The van der Waals surface area contributed by atoms with E-state index in [0.29, 0.717) is 37.8 Å². The summed E-state index contributed by atoms with van der Waals surface area (Å²) in [5.41, 5.74) is 2.37. The number of carbonyl (C=O) groups excluding carboxylic acids is 1. The van der Waals surface area contributed by atoms with Crippen molar-refractivity contribution in [1.29, 1.82) is 0 Å². The fourth-order valence-electron chi connectivity index (χ4n) is 4.44. The number of nitrogens with zero attached hydrogens (tertiary/aromatic N) is 2. The highest BCUT2D eigenvalue weighted by molar-refractivity contribution is 9.11. The first-order valence-corrected chi connectivity index (χ1v) is 15.1. The minimum atomic E-state index is -0.586. The molecule has 1 aliphatic rings. The summed E-state index contributed by atoms with van der Waals surface area (Å²) in [7, 11) is 0. The van der Waals surface area contributed by atoms with Gasteiger partial charge in [-0.1, -0.05) is 67.5 Å². The molecule has 6 nitrogen and oxygen atoms in total.